The molecule has 2 heterocycles. The molecule has 24 heavy (non-hydrogen) atoms. The number of fused-ring (bicyclic) bond motifs is 1. The average Bonchev–Trinajstić information content (AvgIpc) is 2.82. The third-order valence-electron chi connectivity index (χ3n) is 4.00. The van der Waals surface area contributed by atoms with Crippen LogP contribution in [-0.2, 0) is 0 Å². The van der Waals surface area contributed by atoms with E-state index in [1.807, 2.05) is 26.8 Å². The minimum atomic E-state index is -0.172. The number of nitrogens with zero attached hydrogens (tertiary/aromatic N) is 1. The summed E-state index contributed by atoms with van der Waals surface area (Å²) < 4.78 is 5.15. The van der Waals surface area contributed by atoms with E-state index in [9.17, 15) is 4.79 Å². The molecule has 0 spiro atoms. The lowest BCUT2D eigenvalue weighted by Gasteiger charge is -2.15. The van der Waals surface area contributed by atoms with Crippen molar-refractivity contribution in [1.29, 1.82) is 0 Å². The van der Waals surface area contributed by atoms with Crippen molar-refractivity contribution in [2.75, 3.05) is 12.4 Å². The summed E-state index contributed by atoms with van der Waals surface area (Å²) in [5.74, 6) is 1.22. The molecule has 5 nitrogen and oxygen atoms in total. The Morgan fingerprint density at radius 2 is 2.12 bits per heavy atom. The lowest BCUT2D eigenvalue weighted by Crippen LogP contribution is -2.17. The molecule has 3 rings (SSSR count). The number of ether oxygens (including phenoxy) is 1. The number of anilines is 1. The number of nitrogens with one attached hydrogen (secondary N) is 2. The normalized spacial score (nSPS) is 12.4. The summed E-state index contributed by atoms with van der Waals surface area (Å²) >= 11 is 7.69. The quantitative estimate of drug-likeness (QED) is 0.719. The highest BCUT2D eigenvalue weighted by Gasteiger charge is 2.15. The number of thiophene rings is 1. The third kappa shape index (κ3) is 2.99. The zero-order valence-corrected chi connectivity index (χ0v) is 15.4. The number of hydrogen-bond acceptors (Lipinski definition) is 5. The van der Waals surface area contributed by atoms with Crippen molar-refractivity contribution in [3.05, 3.63) is 49.8 Å². The van der Waals surface area contributed by atoms with Crippen molar-refractivity contribution in [2.24, 2.45) is 0 Å². The molecule has 0 aliphatic rings. The van der Waals surface area contributed by atoms with Crippen LogP contribution in [0.3, 0.4) is 0 Å². The van der Waals surface area contributed by atoms with Crippen molar-refractivity contribution in [2.45, 2.75) is 26.8 Å². The van der Waals surface area contributed by atoms with Crippen LogP contribution in [0.5, 0.6) is 5.75 Å². The third-order valence-corrected chi connectivity index (χ3v) is 5.40. The van der Waals surface area contributed by atoms with Crippen LogP contribution < -0.4 is 15.6 Å². The van der Waals surface area contributed by atoms with Crippen molar-refractivity contribution in [1.82, 2.24) is 9.97 Å². The smallest absolute Gasteiger partial charge is 0.259 e. The van der Waals surface area contributed by atoms with Crippen LogP contribution in [0.25, 0.3) is 10.2 Å². The van der Waals surface area contributed by atoms with Gasteiger partial charge in [-0.3, -0.25) is 4.79 Å². The number of aromatic nitrogens is 2. The number of aryl methyl sites for hydroxylation is 2. The van der Waals surface area contributed by atoms with Crippen molar-refractivity contribution in [3.8, 4) is 5.75 Å². The van der Waals surface area contributed by atoms with E-state index in [4.69, 9.17) is 16.3 Å². The zero-order chi connectivity index (χ0) is 17.4. The first-order chi connectivity index (χ1) is 11.4. The molecule has 3 aromatic rings. The summed E-state index contributed by atoms with van der Waals surface area (Å²) in [4.78, 5) is 21.8. The number of H-pyrrole nitrogens is 1. The van der Waals surface area contributed by atoms with Gasteiger partial charge in [0, 0.05) is 10.6 Å². The van der Waals surface area contributed by atoms with E-state index in [0.29, 0.717) is 22.0 Å². The molecule has 0 radical (unpaired) electrons. The van der Waals surface area contributed by atoms with Gasteiger partial charge >= 0.3 is 0 Å². The Morgan fingerprint density at radius 1 is 1.38 bits per heavy atom. The highest BCUT2D eigenvalue weighted by Crippen LogP contribution is 2.30. The minimum Gasteiger partial charge on any atom is -0.495 e. The van der Waals surface area contributed by atoms with E-state index < -0.39 is 0 Å². The van der Waals surface area contributed by atoms with Crippen LogP contribution in [0.2, 0.25) is 5.02 Å². The van der Waals surface area contributed by atoms with Crippen LogP contribution in [0.1, 0.15) is 29.2 Å². The predicted molar refractivity (Wildman–Crippen MR) is 99.8 cm³/mol. The van der Waals surface area contributed by atoms with Gasteiger partial charge in [-0.05, 0) is 44.5 Å². The van der Waals surface area contributed by atoms with Gasteiger partial charge in [0.2, 0.25) is 0 Å². The van der Waals surface area contributed by atoms with Gasteiger partial charge in [0.15, 0.2) is 0 Å². The Morgan fingerprint density at radius 3 is 2.79 bits per heavy atom. The van der Waals surface area contributed by atoms with Crippen LogP contribution >= 0.6 is 22.9 Å². The van der Waals surface area contributed by atoms with Crippen molar-refractivity contribution >= 4 is 38.8 Å². The Bertz CT molecular complexity index is 964. The molecule has 2 N–H and O–H groups in total. The van der Waals surface area contributed by atoms with Crippen LogP contribution in [0, 0.1) is 13.8 Å². The van der Waals surface area contributed by atoms with Crippen LogP contribution in [0.4, 0.5) is 5.69 Å². The molecule has 0 amide bonds. The highest BCUT2D eigenvalue weighted by molar-refractivity contribution is 7.18. The molecule has 7 heteroatoms. The predicted octanol–water partition coefficient (Wildman–Crippen LogP) is 4.44. The van der Waals surface area contributed by atoms with Gasteiger partial charge in [-0.1, -0.05) is 11.6 Å². The Hall–Kier alpha value is -2.05. The molecule has 1 unspecified atom stereocenters. The second-order valence-corrected chi connectivity index (χ2v) is 7.24. The van der Waals surface area contributed by atoms with Gasteiger partial charge in [0.05, 0.1) is 23.6 Å². The molecule has 0 aliphatic heterocycles. The monoisotopic (exact) mass is 363 g/mol. The molecule has 0 saturated carbocycles. The molecule has 0 aliphatic carbocycles. The van der Waals surface area contributed by atoms with E-state index >= 15 is 0 Å². The van der Waals surface area contributed by atoms with E-state index in [1.165, 1.54) is 0 Å². The maximum Gasteiger partial charge on any atom is 0.259 e. The molecule has 0 saturated heterocycles. The first-order valence-electron chi connectivity index (χ1n) is 7.50. The first-order valence-corrected chi connectivity index (χ1v) is 8.70. The maximum absolute atomic E-state index is 12.4. The number of hydrogen-bond donors (Lipinski definition) is 2. The SMILES string of the molecule is COc1ccc(NC(C)c2nc3sc(C)c(C)c3c(=O)[nH]2)cc1Cl. The topological polar surface area (TPSA) is 67.0 Å². The fourth-order valence-corrected chi connectivity index (χ4v) is 3.85. The fraction of sp³-hybridized carbons (Fsp3) is 0.294. The largest absolute Gasteiger partial charge is 0.495 e. The summed E-state index contributed by atoms with van der Waals surface area (Å²) in [7, 11) is 1.58. The molecule has 0 bridgehead atoms. The van der Waals surface area contributed by atoms with Gasteiger partial charge in [-0.2, -0.15) is 0 Å². The Labute approximate surface area is 148 Å². The number of benzene rings is 1. The number of aromatic amines is 1. The summed E-state index contributed by atoms with van der Waals surface area (Å²) in [6.45, 7) is 5.89. The molecular weight excluding hydrogens is 346 g/mol. The van der Waals surface area contributed by atoms with E-state index in [1.54, 1.807) is 30.6 Å². The van der Waals surface area contributed by atoms with Crippen molar-refractivity contribution in [3.63, 3.8) is 0 Å². The highest BCUT2D eigenvalue weighted by atomic mass is 35.5. The average molecular weight is 364 g/mol. The zero-order valence-electron chi connectivity index (χ0n) is 13.9. The Kier molecular flexibility index (Phi) is 4.51. The van der Waals surface area contributed by atoms with Gasteiger partial charge < -0.3 is 15.0 Å². The molecule has 1 atom stereocenters. The summed E-state index contributed by atoms with van der Waals surface area (Å²) in [5, 5.41) is 4.50. The van der Waals surface area contributed by atoms with Gasteiger partial charge in [-0.25, -0.2) is 4.98 Å². The van der Waals surface area contributed by atoms with E-state index in [0.717, 1.165) is 21.0 Å². The van der Waals surface area contributed by atoms with Crippen LogP contribution in [-0.4, -0.2) is 17.1 Å². The Balaban J connectivity index is 1.92. The standard InChI is InChI=1S/C17H18ClN3O2S/c1-8-10(3)24-17-14(8)16(22)20-15(21-17)9(2)19-11-5-6-13(23-4)12(18)7-11/h5-7,9,19H,1-4H3,(H,20,21,22). The fourth-order valence-electron chi connectivity index (χ4n) is 2.55. The number of methoxy groups -OCH3 is 1. The summed E-state index contributed by atoms with van der Waals surface area (Å²) in [5.41, 5.74) is 1.73. The number of rotatable bonds is 4. The second kappa shape index (κ2) is 6.45. The molecule has 0 fully saturated rings. The summed E-state index contributed by atoms with van der Waals surface area (Å²) in [6, 6.07) is 5.28. The minimum absolute atomic E-state index is 0.0988. The molecule has 2 aromatic heterocycles. The maximum atomic E-state index is 12.4. The molecule has 126 valence electrons. The van der Waals surface area contributed by atoms with Gasteiger partial charge in [0.25, 0.3) is 5.56 Å². The summed E-state index contributed by atoms with van der Waals surface area (Å²) in [6.07, 6.45) is 0. The lowest BCUT2D eigenvalue weighted by atomic mass is 10.2. The van der Waals surface area contributed by atoms with Crippen molar-refractivity contribution < 1.29 is 4.74 Å². The number of halogens is 1. The van der Waals surface area contributed by atoms with E-state index in [-0.39, 0.29) is 11.6 Å². The van der Waals surface area contributed by atoms with Gasteiger partial charge in [0.1, 0.15) is 16.4 Å². The molecular formula is C17H18ClN3O2S. The second-order valence-electron chi connectivity index (χ2n) is 5.63. The van der Waals surface area contributed by atoms with Gasteiger partial charge in [-0.15, -0.1) is 11.3 Å². The van der Waals surface area contributed by atoms with E-state index in [2.05, 4.69) is 15.3 Å². The lowest BCUT2D eigenvalue weighted by molar-refractivity contribution is 0.415. The first kappa shape index (κ1) is 16.8. The van der Waals surface area contributed by atoms with Crippen LogP contribution in [0.15, 0.2) is 23.0 Å². The molecule has 1 aromatic carbocycles.